The molecule has 16 heavy (non-hydrogen) atoms. The number of carbonyl (C=O) groups excluding carboxylic acids is 1. The summed E-state index contributed by atoms with van der Waals surface area (Å²) in [6.07, 6.45) is 0. The van der Waals surface area contributed by atoms with Crippen molar-refractivity contribution in [1.82, 2.24) is 0 Å². The summed E-state index contributed by atoms with van der Waals surface area (Å²) in [6, 6.07) is 1.09. The third-order valence-corrected chi connectivity index (χ3v) is 1.98. The van der Waals surface area contributed by atoms with Gasteiger partial charge >= 0.3 is 5.97 Å². The number of methoxy groups -OCH3 is 1. The minimum atomic E-state index is -0.853. The molecule has 0 saturated heterocycles. The Morgan fingerprint density at radius 2 is 1.94 bits per heavy atom. The van der Waals surface area contributed by atoms with E-state index in [0.717, 1.165) is 12.1 Å². The second-order valence-electron chi connectivity index (χ2n) is 3.25. The summed E-state index contributed by atoms with van der Waals surface area (Å²) in [4.78, 5) is 11.1. The predicted molar refractivity (Wildman–Crippen MR) is 55.9 cm³/mol. The monoisotopic (exact) mass is 230 g/mol. The number of ether oxygens (including phenoxy) is 1. The van der Waals surface area contributed by atoms with Gasteiger partial charge in [-0.15, -0.1) is 0 Å². The maximum absolute atomic E-state index is 13.3. The van der Waals surface area contributed by atoms with E-state index in [4.69, 9.17) is 5.73 Å². The van der Waals surface area contributed by atoms with Crippen LogP contribution in [-0.2, 0) is 9.53 Å². The lowest BCUT2D eigenvalue weighted by Gasteiger charge is -2.14. The van der Waals surface area contributed by atoms with Crippen molar-refractivity contribution < 1.29 is 18.3 Å². The first kappa shape index (κ1) is 12.2. The maximum Gasteiger partial charge on any atom is 0.327 e. The molecular weight excluding hydrogens is 218 g/mol. The fourth-order valence-electron chi connectivity index (χ4n) is 1.18. The topological polar surface area (TPSA) is 64.3 Å². The summed E-state index contributed by atoms with van der Waals surface area (Å²) in [7, 11) is 1.19. The molecule has 0 aromatic heterocycles. The number of benzene rings is 1. The number of esters is 1. The summed E-state index contributed by atoms with van der Waals surface area (Å²) in [5.74, 6) is -2.32. The van der Waals surface area contributed by atoms with Crippen LogP contribution < -0.4 is 11.1 Å². The zero-order valence-corrected chi connectivity index (χ0v) is 8.88. The molecule has 88 valence electrons. The molecule has 0 aliphatic carbocycles. The van der Waals surface area contributed by atoms with E-state index in [9.17, 15) is 13.6 Å². The fraction of sp³-hybridized carbons (Fsp3) is 0.300. The summed E-state index contributed by atoms with van der Waals surface area (Å²) in [5.41, 5.74) is 4.83. The maximum atomic E-state index is 13.3. The van der Waals surface area contributed by atoms with Crippen LogP contribution in [0.1, 0.15) is 6.92 Å². The highest BCUT2D eigenvalue weighted by Crippen LogP contribution is 2.22. The third-order valence-electron chi connectivity index (χ3n) is 1.98. The molecule has 1 aromatic carbocycles. The second-order valence-corrected chi connectivity index (χ2v) is 3.25. The minimum Gasteiger partial charge on any atom is -0.467 e. The van der Waals surface area contributed by atoms with E-state index in [-0.39, 0.29) is 5.69 Å². The zero-order valence-electron chi connectivity index (χ0n) is 8.88. The van der Waals surface area contributed by atoms with Crippen LogP contribution >= 0.6 is 0 Å². The van der Waals surface area contributed by atoms with Gasteiger partial charge in [0.05, 0.1) is 7.11 Å². The van der Waals surface area contributed by atoms with E-state index in [1.54, 1.807) is 0 Å². The second kappa shape index (κ2) is 4.78. The first-order chi connectivity index (χ1) is 7.45. The standard InChI is InChI=1S/C10H12F2N2O2/c1-5(10(15)16-2)14-9-7(11)3-6(13)4-8(9)12/h3-5,14H,13H2,1-2H3. The molecule has 1 rings (SSSR count). The average molecular weight is 230 g/mol. The Labute approximate surface area is 91.4 Å². The number of nitrogens with one attached hydrogen (secondary N) is 1. The number of hydrogen-bond donors (Lipinski definition) is 2. The van der Waals surface area contributed by atoms with E-state index < -0.39 is 29.3 Å². The predicted octanol–water partition coefficient (Wildman–Crippen LogP) is 1.52. The van der Waals surface area contributed by atoms with Crippen LogP contribution in [0, 0.1) is 11.6 Å². The molecule has 0 aliphatic heterocycles. The molecule has 3 N–H and O–H groups in total. The van der Waals surface area contributed by atoms with E-state index in [1.165, 1.54) is 14.0 Å². The molecule has 1 aromatic rings. The number of nitrogens with two attached hydrogens (primary N) is 1. The van der Waals surface area contributed by atoms with Crippen LogP contribution in [0.2, 0.25) is 0 Å². The first-order valence-electron chi connectivity index (χ1n) is 4.54. The van der Waals surface area contributed by atoms with Crippen LogP contribution in [0.4, 0.5) is 20.2 Å². The van der Waals surface area contributed by atoms with Gasteiger partial charge in [-0.25, -0.2) is 13.6 Å². The van der Waals surface area contributed by atoms with Gasteiger partial charge in [0.2, 0.25) is 0 Å². The summed E-state index contributed by atoms with van der Waals surface area (Å²) in [6.45, 7) is 1.43. The van der Waals surface area contributed by atoms with Crippen LogP contribution in [0.25, 0.3) is 0 Å². The van der Waals surface area contributed by atoms with Gasteiger partial charge in [0.25, 0.3) is 0 Å². The Kier molecular flexibility index (Phi) is 3.65. The molecular formula is C10H12F2N2O2. The molecule has 0 fully saturated rings. The Morgan fingerprint density at radius 1 is 1.44 bits per heavy atom. The van der Waals surface area contributed by atoms with Crippen LogP contribution in [0.3, 0.4) is 0 Å². The number of carbonyl (C=O) groups is 1. The molecule has 0 heterocycles. The number of hydrogen-bond acceptors (Lipinski definition) is 4. The molecule has 0 amide bonds. The Balaban J connectivity index is 2.93. The molecule has 0 aliphatic rings. The van der Waals surface area contributed by atoms with Crippen molar-refractivity contribution in [2.24, 2.45) is 0 Å². The van der Waals surface area contributed by atoms with E-state index >= 15 is 0 Å². The van der Waals surface area contributed by atoms with Gasteiger partial charge in [-0.2, -0.15) is 0 Å². The number of nitrogen functional groups attached to an aromatic ring is 1. The Morgan fingerprint density at radius 3 is 2.38 bits per heavy atom. The molecule has 1 unspecified atom stereocenters. The lowest BCUT2D eigenvalue weighted by molar-refractivity contribution is -0.141. The van der Waals surface area contributed by atoms with Crippen molar-refractivity contribution in [3.8, 4) is 0 Å². The van der Waals surface area contributed by atoms with E-state index in [0.29, 0.717) is 0 Å². The SMILES string of the molecule is COC(=O)C(C)Nc1c(F)cc(N)cc1F. The minimum absolute atomic E-state index is 0.0220. The third kappa shape index (κ3) is 2.59. The van der Waals surface area contributed by atoms with Gasteiger partial charge in [-0.05, 0) is 19.1 Å². The quantitative estimate of drug-likeness (QED) is 0.610. The number of halogens is 2. The Bertz CT molecular complexity index is 387. The fourth-order valence-corrected chi connectivity index (χ4v) is 1.18. The molecule has 0 saturated carbocycles. The van der Waals surface area contributed by atoms with Crippen LogP contribution in [0.5, 0.6) is 0 Å². The molecule has 0 spiro atoms. The van der Waals surface area contributed by atoms with Gasteiger partial charge in [0, 0.05) is 5.69 Å². The first-order valence-corrected chi connectivity index (χ1v) is 4.54. The van der Waals surface area contributed by atoms with Crippen molar-refractivity contribution in [3.63, 3.8) is 0 Å². The van der Waals surface area contributed by atoms with Gasteiger partial charge in [-0.1, -0.05) is 0 Å². The number of rotatable bonds is 3. The molecule has 6 heteroatoms. The van der Waals surface area contributed by atoms with Crippen molar-refractivity contribution in [3.05, 3.63) is 23.8 Å². The Hall–Kier alpha value is -1.85. The summed E-state index contributed by atoms with van der Waals surface area (Å²) < 4.78 is 31.0. The van der Waals surface area contributed by atoms with E-state index in [1.807, 2.05) is 0 Å². The molecule has 1 atom stereocenters. The van der Waals surface area contributed by atoms with Gasteiger partial charge in [-0.3, -0.25) is 0 Å². The summed E-state index contributed by atoms with van der Waals surface area (Å²) >= 11 is 0. The molecule has 0 bridgehead atoms. The van der Waals surface area contributed by atoms with Gasteiger partial charge in [0.15, 0.2) is 11.6 Å². The van der Waals surface area contributed by atoms with Crippen LogP contribution in [-0.4, -0.2) is 19.1 Å². The largest absolute Gasteiger partial charge is 0.467 e. The van der Waals surface area contributed by atoms with Crippen molar-refractivity contribution in [2.45, 2.75) is 13.0 Å². The van der Waals surface area contributed by atoms with Crippen molar-refractivity contribution >= 4 is 17.3 Å². The van der Waals surface area contributed by atoms with Crippen molar-refractivity contribution in [2.75, 3.05) is 18.2 Å². The lowest BCUT2D eigenvalue weighted by Crippen LogP contribution is -2.28. The number of anilines is 2. The van der Waals surface area contributed by atoms with Crippen LogP contribution in [0.15, 0.2) is 12.1 Å². The normalized spacial score (nSPS) is 12.0. The summed E-state index contributed by atoms with van der Waals surface area (Å²) in [5, 5.41) is 2.38. The average Bonchev–Trinajstić information content (AvgIpc) is 2.21. The van der Waals surface area contributed by atoms with Gasteiger partial charge < -0.3 is 15.8 Å². The highest BCUT2D eigenvalue weighted by molar-refractivity contribution is 5.78. The molecule has 4 nitrogen and oxygen atoms in total. The molecule has 0 radical (unpaired) electrons. The highest BCUT2D eigenvalue weighted by atomic mass is 19.1. The zero-order chi connectivity index (χ0) is 12.3. The lowest BCUT2D eigenvalue weighted by atomic mass is 10.2. The van der Waals surface area contributed by atoms with Crippen molar-refractivity contribution in [1.29, 1.82) is 0 Å². The van der Waals surface area contributed by atoms with E-state index in [2.05, 4.69) is 10.1 Å². The highest BCUT2D eigenvalue weighted by Gasteiger charge is 2.17. The van der Waals surface area contributed by atoms with Gasteiger partial charge in [0.1, 0.15) is 11.7 Å². The smallest absolute Gasteiger partial charge is 0.327 e.